The number of hydrogen-bond acceptors (Lipinski definition) is 5. The molecule has 2 heterocycles. The van der Waals surface area contributed by atoms with Crippen molar-refractivity contribution in [2.45, 2.75) is 20.4 Å². The van der Waals surface area contributed by atoms with Gasteiger partial charge in [0.25, 0.3) is 5.91 Å². The van der Waals surface area contributed by atoms with Crippen molar-refractivity contribution < 1.29 is 4.79 Å². The average molecular weight is 285 g/mol. The number of nitrogens with one attached hydrogen (secondary N) is 1. The first-order chi connectivity index (χ1) is 10.2. The van der Waals surface area contributed by atoms with Crippen LogP contribution in [0.3, 0.4) is 0 Å². The van der Waals surface area contributed by atoms with E-state index in [1.54, 1.807) is 29.6 Å². The summed E-state index contributed by atoms with van der Waals surface area (Å²) in [6.45, 7) is 4.91. The minimum Gasteiger partial charge on any atom is -0.334 e. The summed E-state index contributed by atoms with van der Waals surface area (Å²) in [5.41, 5.74) is 5.45. The summed E-state index contributed by atoms with van der Waals surface area (Å²) in [6.07, 6.45) is 4.99. The Bertz CT molecular complexity index is 615. The summed E-state index contributed by atoms with van der Waals surface area (Å²) in [6, 6.07) is 5.55. The molecule has 0 spiro atoms. The molecule has 0 saturated heterocycles. The second-order valence-corrected chi connectivity index (χ2v) is 4.69. The van der Waals surface area contributed by atoms with Crippen LogP contribution in [-0.2, 0) is 6.54 Å². The molecule has 2 aromatic heterocycles. The van der Waals surface area contributed by atoms with Crippen molar-refractivity contribution in [1.82, 2.24) is 14.9 Å². The van der Waals surface area contributed by atoms with Crippen LogP contribution in [0.25, 0.3) is 0 Å². The molecule has 0 radical (unpaired) electrons. The number of carbonyl (C=O) groups excluding carboxylic acids is 1. The van der Waals surface area contributed by atoms with Crippen molar-refractivity contribution in [3.05, 3.63) is 53.6 Å². The highest BCUT2D eigenvalue weighted by atomic mass is 16.2. The number of pyridine rings is 2. The number of aromatic nitrogens is 2. The minimum absolute atomic E-state index is 0.102. The maximum atomic E-state index is 12.6. The van der Waals surface area contributed by atoms with Gasteiger partial charge in [-0.15, -0.1) is 0 Å². The fourth-order valence-corrected chi connectivity index (χ4v) is 2.06. The Morgan fingerprint density at radius 1 is 1.38 bits per heavy atom. The number of amides is 1. The average Bonchev–Trinajstić information content (AvgIpc) is 2.52. The summed E-state index contributed by atoms with van der Waals surface area (Å²) in [4.78, 5) is 22.5. The van der Waals surface area contributed by atoms with Crippen molar-refractivity contribution in [1.29, 1.82) is 0 Å². The molecule has 0 saturated carbocycles. The van der Waals surface area contributed by atoms with Gasteiger partial charge in [-0.1, -0.05) is 0 Å². The molecule has 0 aromatic carbocycles. The summed E-state index contributed by atoms with van der Waals surface area (Å²) >= 11 is 0. The predicted molar refractivity (Wildman–Crippen MR) is 81.4 cm³/mol. The maximum absolute atomic E-state index is 12.6. The number of rotatable bonds is 5. The molecule has 0 aliphatic heterocycles. The molecule has 110 valence electrons. The zero-order valence-corrected chi connectivity index (χ0v) is 12.2. The Hall–Kier alpha value is -2.47. The monoisotopic (exact) mass is 285 g/mol. The van der Waals surface area contributed by atoms with Gasteiger partial charge in [-0.2, -0.15) is 0 Å². The predicted octanol–water partition coefficient (Wildman–Crippen LogP) is 1.73. The third-order valence-corrected chi connectivity index (χ3v) is 3.22. The first-order valence-corrected chi connectivity index (χ1v) is 6.77. The number of nitrogens with zero attached hydrogens (tertiary/aromatic N) is 3. The molecular weight excluding hydrogens is 266 g/mol. The van der Waals surface area contributed by atoms with Crippen LogP contribution in [0.5, 0.6) is 0 Å². The Morgan fingerprint density at radius 3 is 2.71 bits per heavy atom. The molecule has 6 heteroatoms. The number of hydrogen-bond donors (Lipinski definition) is 2. The maximum Gasteiger partial charge on any atom is 0.257 e. The lowest BCUT2D eigenvalue weighted by atomic mass is 10.1. The molecule has 0 bridgehead atoms. The SMILES string of the molecule is CCN(Cc1ccncc1)C(=O)c1cnc(C)cc1NN. The summed E-state index contributed by atoms with van der Waals surface area (Å²) in [7, 11) is 0. The van der Waals surface area contributed by atoms with Gasteiger partial charge >= 0.3 is 0 Å². The van der Waals surface area contributed by atoms with E-state index in [4.69, 9.17) is 5.84 Å². The number of carbonyl (C=O) groups is 1. The Morgan fingerprint density at radius 2 is 2.10 bits per heavy atom. The first kappa shape index (κ1) is 14.9. The highest BCUT2D eigenvalue weighted by Crippen LogP contribution is 2.18. The van der Waals surface area contributed by atoms with E-state index in [0.717, 1.165) is 11.3 Å². The lowest BCUT2D eigenvalue weighted by molar-refractivity contribution is 0.0753. The van der Waals surface area contributed by atoms with Gasteiger partial charge in [-0.3, -0.25) is 20.6 Å². The van der Waals surface area contributed by atoms with Crippen molar-refractivity contribution in [3.8, 4) is 0 Å². The van der Waals surface area contributed by atoms with E-state index in [-0.39, 0.29) is 5.91 Å². The van der Waals surface area contributed by atoms with E-state index < -0.39 is 0 Å². The summed E-state index contributed by atoms with van der Waals surface area (Å²) in [5, 5.41) is 0. The van der Waals surface area contributed by atoms with Crippen molar-refractivity contribution >= 4 is 11.6 Å². The zero-order valence-electron chi connectivity index (χ0n) is 12.2. The van der Waals surface area contributed by atoms with Gasteiger partial charge in [0, 0.05) is 37.4 Å². The number of nitrogens with two attached hydrogens (primary N) is 1. The third kappa shape index (κ3) is 3.55. The molecular formula is C15H19N5O. The number of aryl methyl sites for hydroxylation is 1. The first-order valence-electron chi connectivity index (χ1n) is 6.77. The van der Waals surface area contributed by atoms with Gasteiger partial charge in [-0.05, 0) is 37.6 Å². The topological polar surface area (TPSA) is 84.1 Å². The van der Waals surface area contributed by atoms with Gasteiger partial charge in [0.1, 0.15) is 0 Å². The van der Waals surface area contributed by atoms with Crippen LogP contribution < -0.4 is 11.3 Å². The normalized spacial score (nSPS) is 10.2. The van der Waals surface area contributed by atoms with Crippen molar-refractivity contribution in [3.63, 3.8) is 0 Å². The highest BCUT2D eigenvalue weighted by Gasteiger charge is 2.18. The van der Waals surface area contributed by atoms with Crippen LogP contribution >= 0.6 is 0 Å². The van der Waals surface area contributed by atoms with Gasteiger partial charge in [0.05, 0.1) is 11.3 Å². The Balaban J connectivity index is 2.24. The number of nitrogen functional groups attached to an aromatic ring is 1. The van der Waals surface area contributed by atoms with Gasteiger partial charge in [-0.25, -0.2) is 0 Å². The van der Waals surface area contributed by atoms with E-state index >= 15 is 0 Å². The lowest BCUT2D eigenvalue weighted by Gasteiger charge is -2.22. The van der Waals surface area contributed by atoms with E-state index in [1.165, 1.54) is 0 Å². The van der Waals surface area contributed by atoms with Crippen LogP contribution in [0, 0.1) is 6.92 Å². The van der Waals surface area contributed by atoms with Crippen LogP contribution in [0.4, 0.5) is 5.69 Å². The van der Waals surface area contributed by atoms with Crippen LogP contribution in [0.15, 0.2) is 36.8 Å². The smallest absolute Gasteiger partial charge is 0.257 e. The molecule has 0 aliphatic carbocycles. The molecule has 0 atom stereocenters. The summed E-state index contributed by atoms with van der Waals surface area (Å²) in [5.74, 6) is 5.39. The van der Waals surface area contributed by atoms with E-state index in [0.29, 0.717) is 24.3 Å². The van der Waals surface area contributed by atoms with E-state index in [2.05, 4.69) is 15.4 Å². The third-order valence-electron chi connectivity index (χ3n) is 3.22. The molecule has 3 N–H and O–H groups in total. The minimum atomic E-state index is -0.102. The quantitative estimate of drug-likeness (QED) is 0.645. The van der Waals surface area contributed by atoms with Crippen molar-refractivity contribution in [2.75, 3.05) is 12.0 Å². The number of anilines is 1. The van der Waals surface area contributed by atoms with Crippen LogP contribution in [-0.4, -0.2) is 27.3 Å². The molecule has 6 nitrogen and oxygen atoms in total. The molecule has 2 aromatic rings. The fourth-order valence-electron chi connectivity index (χ4n) is 2.06. The van der Waals surface area contributed by atoms with E-state index in [9.17, 15) is 4.79 Å². The van der Waals surface area contributed by atoms with Crippen molar-refractivity contribution in [2.24, 2.45) is 5.84 Å². The molecule has 1 amide bonds. The van der Waals surface area contributed by atoms with Crippen LogP contribution in [0.2, 0.25) is 0 Å². The Kier molecular flexibility index (Phi) is 4.84. The highest BCUT2D eigenvalue weighted by molar-refractivity contribution is 5.99. The Labute approximate surface area is 124 Å². The molecule has 21 heavy (non-hydrogen) atoms. The summed E-state index contributed by atoms with van der Waals surface area (Å²) < 4.78 is 0. The number of hydrazine groups is 1. The van der Waals surface area contributed by atoms with Gasteiger partial charge in [0.2, 0.25) is 0 Å². The van der Waals surface area contributed by atoms with Gasteiger partial charge in [0.15, 0.2) is 0 Å². The standard InChI is InChI=1S/C15H19N5O/c1-3-20(10-12-4-6-17-7-5-12)15(21)13-9-18-11(2)8-14(13)19-16/h4-9H,3,10,16H2,1-2H3,(H,18,19). The largest absolute Gasteiger partial charge is 0.334 e. The molecule has 0 aliphatic rings. The second-order valence-electron chi connectivity index (χ2n) is 4.69. The molecule has 2 rings (SSSR count). The zero-order chi connectivity index (χ0) is 15.2. The van der Waals surface area contributed by atoms with Gasteiger partial charge < -0.3 is 10.3 Å². The fraction of sp³-hybridized carbons (Fsp3) is 0.267. The van der Waals surface area contributed by atoms with Crippen LogP contribution in [0.1, 0.15) is 28.5 Å². The lowest BCUT2D eigenvalue weighted by Crippen LogP contribution is -2.31. The van der Waals surface area contributed by atoms with E-state index in [1.807, 2.05) is 26.0 Å². The molecule has 0 fully saturated rings. The molecule has 0 unspecified atom stereocenters. The second kappa shape index (κ2) is 6.81.